The first-order chi connectivity index (χ1) is 8.78. The van der Waals surface area contributed by atoms with Gasteiger partial charge in [-0.2, -0.15) is 5.26 Å². The van der Waals surface area contributed by atoms with Crippen LogP contribution in [0.1, 0.15) is 30.4 Å². The van der Waals surface area contributed by atoms with Crippen molar-refractivity contribution >= 4 is 0 Å². The number of hydrogen-bond acceptors (Lipinski definition) is 3. The molecule has 0 radical (unpaired) electrons. The molecule has 0 aliphatic carbocycles. The van der Waals surface area contributed by atoms with E-state index in [1.54, 1.807) is 0 Å². The molecule has 1 fully saturated rings. The zero-order valence-corrected chi connectivity index (χ0v) is 11.0. The first-order valence-corrected chi connectivity index (χ1v) is 6.69. The lowest BCUT2D eigenvalue weighted by molar-refractivity contribution is 0.343. The Balaban J connectivity index is 1.85. The first-order valence-electron chi connectivity index (χ1n) is 6.69. The Hall–Kier alpha value is -1.37. The topological polar surface area (TPSA) is 39.1 Å². The molecule has 3 heteroatoms. The van der Waals surface area contributed by atoms with Gasteiger partial charge in [0.15, 0.2) is 0 Å². The highest BCUT2D eigenvalue weighted by atomic mass is 15.1. The van der Waals surface area contributed by atoms with Crippen molar-refractivity contribution in [2.75, 3.05) is 20.1 Å². The predicted molar refractivity (Wildman–Crippen MR) is 73.1 cm³/mol. The molecule has 1 unspecified atom stereocenters. The summed E-state index contributed by atoms with van der Waals surface area (Å²) in [7, 11) is 2.19. The summed E-state index contributed by atoms with van der Waals surface area (Å²) < 4.78 is 0. The molecule has 1 heterocycles. The van der Waals surface area contributed by atoms with Gasteiger partial charge in [-0.05, 0) is 57.1 Å². The lowest BCUT2D eigenvalue weighted by Gasteiger charge is -2.16. The molecule has 0 spiro atoms. The fourth-order valence-corrected chi connectivity index (χ4v) is 2.46. The molecule has 0 aromatic heterocycles. The maximum absolute atomic E-state index is 8.87. The van der Waals surface area contributed by atoms with Gasteiger partial charge in [-0.1, -0.05) is 12.1 Å². The van der Waals surface area contributed by atoms with Crippen molar-refractivity contribution in [2.24, 2.45) is 0 Å². The molecule has 2 rings (SSSR count). The van der Waals surface area contributed by atoms with E-state index < -0.39 is 0 Å². The molecule has 0 amide bonds. The van der Waals surface area contributed by atoms with Crippen molar-refractivity contribution in [3.05, 3.63) is 35.4 Å². The number of benzene rings is 1. The molecule has 1 saturated heterocycles. The van der Waals surface area contributed by atoms with Gasteiger partial charge in [0.05, 0.1) is 11.6 Å². The number of nitrogens with zero attached hydrogens (tertiary/aromatic N) is 2. The minimum atomic E-state index is 0.612. The summed E-state index contributed by atoms with van der Waals surface area (Å²) in [4.78, 5) is 2.40. The molecule has 1 aromatic carbocycles. The Labute approximate surface area is 109 Å². The zero-order valence-electron chi connectivity index (χ0n) is 11.0. The van der Waals surface area contributed by atoms with Crippen molar-refractivity contribution in [1.82, 2.24) is 10.2 Å². The molecule has 0 saturated carbocycles. The summed E-state index contributed by atoms with van der Waals surface area (Å²) in [5.74, 6) is 0. The Morgan fingerprint density at radius 1 is 1.39 bits per heavy atom. The van der Waals surface area contributed by atoms with Gasteiger partial charge in [0.1, 0.15) is 0 Å². The van der Waals surface area contributed by atoms with Gasteiger partial charge in [0.25, 0.3) is 0 Å². The largest absolute Gasteiger partial charge is 0.310 e. The van der Waals surface area contributed by atoms with Crippen LogP contribution in [0.25, 0.3) is 0 Å². The van der Waals surface area contributed by atoms with E-state index in [9.17, 15) is 0 Å². The van der Waals surface area contributed by atoms with E-state index in [4.69, 9.17) is 5.26 Å². The number of hydrogen-bond donors (Lipinski definition) is 1. The van der Waals surface area contributed by atoms with Gasteiger partial charge in [0, 0.05) is 12.6 Å². The molecule has 1 atom stereocenters. The van der Waals surface area contributed by atoms with E-state index in [-0.39, 0.29) is 0 Å². The van der Waals surface area contributed by atoms with E-state index in [2.05, 4.69) is 29.4 Å². The standard InChI is InChI=1S/C15H21N3/c1-18-8-3-6-15(7-9-18)17-12-14-5-2-4-13(10-14)11-16/h2,4-5,10,15,17H,3,6-9,12H2,1H3. The zero-order chi connectivity index (χ0) is 12.8. The average molecular weight is 243 g/mol. The summed E-state index contributed by atoms with van der Waals surface area (Å²) in [6, 6.07) is 10.7. The second kappa shape index (κ2) is 6.53. The number of nitriles is 1. The number of rotatable bonds is 3. The van der Waals surface area contributed by atoms with Crippen molar-refractivity contribution < 1.29 is 0 Å². The van der Waals surface area contributed by atoms with E-state index in [0.29, 0.717) is 6.04 Å². The maximum atomic E-state index is 8.87. The summed E-state index contributed by atoms with van der Waals surface area (Å²) in [5, 5.41) is 12.5. The monoisotopic (exact) mass is 243 g/mol. The van der Waals surface area contributed by atoms with Gasteiger partial charge in [-0.15, -0.1) is 0 Å². The molecule has 1 N–H and O–H groups in total. The van der Waals surface area contributed by atoms with Crippen LogP contribution >= 0.6 is 0 Å². The van der Waals surface area contributed by atoms with Crippen LogP contribution in [-0.2, 0) is 6.54 Å². The van der Waals surface area contributed by atoms with Crippen molar-refractivity contribution in [1.29, 1.82) is 5.26 Å². The van der Waals surface area contributed by atoms with Crippen molar-refractivity contribution in [3.8, 4) is 6.07 Å². The van der Waals surface area contributed by atoms with Crippen LogP contribution in [-0.4, -0.2) is 31.1 Å². The molecule has 1 aromatic rings. The molecule has 3 nitrogen and oxygen atoms in total. The minimum absolute atomic E-state index is 0.612. The Morgan fingerprint density at radius 2 is 2.28 bits per heavy atom. The third-order valence-corrected chi connectivity index (χ3v) is 3.60. The maximum Gasteiger partial charge on any atom is 0.0991 e. The lowest BCUT2D eigenvalue weighted by Crippen LogP contribution is -2.29. The van der Waals surface area contributed by atoms with Gasteiger partial charge in [0.2, 0.25) is 0 Å². The molecular weight excluding hydrogens is 222 g/mol. The van der Waals surface area contributed by atoms with Crippen LogP contribution in [0.5, 0.6) is 0 Å². The third kappa shape index (κ3) is 3.83. The van der Waals surface area contributed by atoms with E-state index in [1.165, 1.54) is 37.9 Å². The number of nitrogens with one attached hydrogen (secondary N) is 1. The van der Waals surface area contributed by atoms with Crippen LogP contribution in [0, 0.1) is 11.3 Å². The Kier molecular flexibility index (Phi) is 4.74. The normalized spacial score (nSPS) is 21.2. The van der Waals surface area contributed by atoms with Gasteiger partial charge >= 0.3 is 0 Å². The first kappa shape index (κ1) is 13.1. The number of likely N-dealkylation sites (tertiary alicyclic amines) is 1. The van der Waals surface area contributed by atoms with Gasteiger partial charge in [-0.25, -0.2) is 0 Å². The molecule has 1 aliphatic rings. The fraction of sp³-hybridized carbons (Fsp3) is 0.533. The predicted octanol–water partition coefficient (Wildman–Crippen LogP) is 2.13. The van der Waals surface area contributed by atoms with Crippen LogP contribution < -0.4 is 5.32 Å². The van der Waals surface area contributed by atoms with E-state index >= 15 is 0 Å². The van der Waals surface area contributed by atoms with Gasteiger partial charge < -0.3 is 10.2 Å². The highest BCUT2D eigenvalue weighted by molar-refractivity contribution is 5.32. The Morgan fingerprint density at radius 3 is 3.11 bits per heavy atom. The van der Waals surface area contributed by atoms with Crippen LogP contribution in [0.15, 0.2) is 24.3 Å². The van der Waals surface area contributed by atoms with Gasteiger partial charge in [-0.3, -0.25) is 0 Å². The quantitative estimate of drug-likeness (QED) is 0.884. The summed E-state index contributed by atoms with van der Waals surface area (Å²) in [6.07, 6.45) is 3.74. The Bertz CT molecular complexity index is 422. The molecular formula is C15H21N3. The summed E-state index contributed by atoms with van der Waals surface area (Å²) >= 11 is 0. The SMILES string of the molecule is CN1CCCC(NCc2cccc(C#N)c2)CC1. The summed E-state index contributed by atoms with van der Waals surface area (Å²) in [6.45, 7) is 3.25. The molecule has 1 aliphatic heterocycles. The smallest absolute Gasteiger partial charge is 0.0991 e. The minimum Gasteiger partial charge on any atom is -0.310 e. The fourth-order valence-electron chi connectivity index (χ4n) is 2.46. The molecule has 0 bridgehead atoms. The lowest BCUT2D eigenvalue weighted by atomic mass is 10.1. The van der Waals surface area contributed by atoms with Crippen molar-refractivity contribution in [2.45, 2.75) is 31.8 Å². The van der Waals surface area contributed by atoms with E-state index in [0.717, 1.165) is 12.1 Å². The van der Waals surface area contributed by atoms with Crippen LogP contribution in [0.4, 0.5) is 0 Å². The highest BCUT2D eigenvalue weighted by Crippen LogP contribution is 2.11. The highest BCUT2D eigenvalue weighted by Gasteiger charge is 2.13. The summed E-state index contributed by atoms with van der Waals surface area (Å²) in [5.41, 5.74) is 1.95. The molecule has 96 valence electrons. The second-order valence-corrected chi connectivity index (χ2v) is 5.12. The van der Waals surface area contributed by atoms with E-state index in [1.807, 2.05) is 18.2 Å². The molecule has 18 heavy (non-hydrogen) atoms. The average Bonchev–Trinajstić information content (AvgIpc) is 2.61. The van der Waals surface area contributed by atoms with Crippen molar-refractivity contribution in [3.63, 3.8) is 0 Å². The van der Waals surface area contributed by atoms with Crippen LogP contribution in [0.3, 0.4) is 0 Å². The third-order valence-electron chi connectivity index (χ3n) is 3.60. The second-order valence-electron chi connectivity index (χ2n) is 5.12. The van der Waals surface area contributed by atoms with Crippen LogP contribution in [0.2, 0.25) is 0 Å².